The van der Waals surface area contributed by atoms with E-state index in [1.165, 1.54) is 13.2 Å². The minimum atomic E-state index is -0.424. The third-order valence-corrected chi connectivity index (χ3v) is 3.50. The van der Waals surface area contributed by atoms with Crippen molar-refractivity contribution in [2.75, 3.05) is 7.11 Å². The molecule has 0 saturated carbocycles. The van der Waals surface area contributed by atoms with Gasteiger partial charge in [-0.2, -0.15) is 0 Å². The molecule has 4 aromatic rings. The van der Waals surface area contributed by atoms with Crippen LogP contribution >= 0.6 is 0 Å². The molecule has 2 heterocycles. The molecule has 0 fully saturated rings. The Labute approximate surface area is 125 Å². The molecule has 2 aromatic carbocycles. The molecule has 0 aliphatic carbocycles. The molecule has 0 amide bonds. The van der Waals surface area contributed by atoms with E-state index in [0.717, 1.165) is 10.9 Å². The zero-order chi connectivity index (χ0) is 15.1. The number of ether oxygens (including phenoxy) is 1. The van der Waals surface area contributed by atoms with Gasteiger partial charge in [0.15, 0.2) is 11.5 Å². The number of hydrogen-bond donors (Lipinski definition) is 0. The summed E-state index contributed by atoms with van der Waals surface area (Å²) < 4.78 is 20.7. The average molecular weight is 294 g/mol. The van der Waals surface area contributed by atoms with Gasteiger partial charge < -0.3 is 4.74 Å². The van der Waals surface area contributed by atoms with Crippen molar-refractivity contribution in [2.24, 2.45) is 0 Å². The molecular formula is C16H11FN4O. The van der Waals surface area contributed by atoms with Gasteiger partial charge in [-0.1, -0.05) is 12.1 Å². The fourth-order valence-corrected chi connectivity index (χ4v) is 2.40. The highest BCUT2D eigenvalue weighted by molar-refractivity contribution is 5.91. The van der Waals surface area contributed by atoms with Crippen LogP contribution in [0.1, 0.15) is 0 Å². The zero-order valence-corrected chi connectivity index (χ0v) is 11.7. The Balaban J connectivity index is 1.95. The van der Waals surface area contributed by atoms with Crippen molar-refractivity contribution >= 4 is 16.6 Å². The van der Waals surface area contributed by atoms with Crippen LogP contribution in [0.25, 0.3) is 27.9 Å². The van der Waals surface area contributed by atoms with Crippen LogP contribution in [0.15, 0.2) is 48.8 Å². The number of fused-ring (bicyclic) bond motifs is 3. The number of hydrogen-bond acceptors (Lipinski definition) is 4. The number of rotatable bonds is 2. The Morgan fingerprint density at radius 1 is 1.14 bits per heavy atom. The van der Waals surface area contributed by atoms with Crippen molar-refractivity contribution in [3.8, 4) is 17.1 Å². The van der Waals surface area contributed by atoms with Gasteiger partial charge in [-0.25, -0.2) is 18.9 Å². The molecule has 0 atom stereocenters. The number of nitrogens with zero attached hydrogens (tertiary/aromatic N) is 4. The molecule has 2 aromatic heterocycles. The van der Waals surface area contributed by atoms with Gasteiger partial charge in [-0.15, -0.1) is 5.10 Å². The van der Waals surface area contributed by atoms with E-state index in [0.29, 0.717) is 22.8 Å². The first kappa shape index (κ1) is 12.7. The lowest BCUT2D eigenvalue weighted by atomic mass is 10.2. The first-order chi connectivity index (χ1) is 10.8. The second-order valence-electron chi connectivity index (χ2n) is 4.81. The largest absolute Gasteiger partial charge is 0.497 e. The monoisotopic (exact) mass is 294 g/mol. The Kier molecular flexibility index (Phi) is 2.75. The van der Waals surface area contributed by atoms with Gasteiger partial charge in [-0.3, -0.25) is 0 Å². The third-order valence-electron chi connectivity index (χ3n) is 3.50. The van der Waals surface area contributed by atoms with E-state index in [-0.39, 0.29) is 0 Å². The fraction of sp³-hybridized carbons (Fsp3) is 0.0625. The van der Waals surface area contributed by atoms with Crippen molar-refractivity contribution in [3.05, 3.63) is 54.6 Å². The van der Waals surface area contributed by atoms with Gasteiger partial charge in [0.25, 0.3) is 0 Å². The number of methoxy groups -OCH3 is 1. The molecule has 0 saturated heterocycles. The fourth-order valence-electron chi connectivity index (χ4n) is 2.40. The van der Waals surface area contributed by atoms with E-state index < -0.39 is 5.82 Å². The van der Waals surface area contributed by atoms with E-state index in [4.69, 9.17) is 4.74 Å². The lowest BCUT2D eigenvalue weighted by Crippen LogP contribution is -1.91. The third kappa shape index (κ3) is 1.88. The summed E-state index contributed by atoms with van der Waals surface area (Å²) >= 11 is 0. The topological polar surface area (TPSA) is 52.3 Å². The van der Waals surface area contributed by atoms with Crippen molar-refractivity contribution in [1.82, 2.24) is 19.6 Å². The lowest BCUT2D eigenvalue weighted by molar-refractivity contribution is 0.411. The molecule has 0 aliphatic rings. The molecule has 6 heteroatoms. The molecule has 108 valence electrons. The first-order valence-electron chi connectivity index (χ1n) is 6.70. The van der Waals surface area contributed by atoms with Gasteiger partial charge in [0, 0.05) is 11.5 Å². The summed E-state index contributed by atoms with van der Waals surface area (Å²) in [5, 5.41) is 5.18. The number of halogens is 1. The van der Waals surface area contributed by atoms with Crippen molar-refractivity contribution in [2.45, 2.75) is 0 Å². The van der Waals surface area contributed by atoms with E-state index in [9.17, 15) is 4.39 Å². The SMILES string of the molecule is COc1ccc(-c2nc3c4ccccc4ncn3n2)c(F)c1. The summed E-state index contributed by atoms with van der Waals surface area (Å²) in [6.07, 6.45) is 1.58. The van der Waals surface area contributed by atoms with Crippen LogP contribution in [-0.2, 0) is 0 Å². The number of benzene rings is 2. The van der Waals surface area contributed by atoms with Crippen LogP contribution in [0.5, 0.6) is 5.75 Å². The molecule has 0 bridgehead atoms. The molecule has 0 N–H and O–H groups in total. The molecule has 0 spiro atoms. The smallest absolute Gasteiger partial charge is 0.185 e. The second kappa shape index (κ2) is 4.77. The Hall–Kier alpha value is -3.02. The second-order valence-corrected chi connectivity index (χ2v) is 4.81. The van der Waals surface area contributed by atoms with E-state index in [2.05, 4.69) is 15.1 Å². The van der Waals surface area contributed by atoms with Crippen LogP contribution in [0, 0.1) is 5.82 Å². The van der Waals surface area contributed by atoms with Gasteiger partial charge >= 0.3 is 0 Å². The maximum atomic E-state index is 14.2. The van der Waals surface area contributed by atoms with E-state index in [1.807, 2.05) is 24.3 Å². The summed E-state index contributed by atoms with van der Waals surface area (Å²) in [5.41, 5.74) is 1.80. The minimum Gasteiger partial charge on any atom is -0.497 e. The Morgan fingerprint density at radius 3 is 2.82 bits per heavy atom. The van der Waals surface area contributed by atoms with E-state index in [1.54, 1.807) is 23.0 Å². The Morgan fingerprint density at radius 2 is 2.00 bits per heavy atom. The Bertz CT molecular complexity index is 996. The predicted molar refractivity (Wildman–Crippen MR) is 80.2 cm³/mol. The normalized spacial score (nSPS) is 11.2. The highest BCUT2D eigenvalue weighted by atomic mass is 19.1. The summed E-state index contributed by atoms with van der Waals surface area (Å²) in [7, 11) is 1.50. The summed E-state index contributed by atoms with van der Waals surface area (Å²) in [5.74, 6) is 0.350. The van der Waals surface area contributed by atoms with Crippen molar-refractivity contribution < 1.29 is 9.13 Å². The molecule has 4 rings (SSSR count). The van der Waals surface area contributed by atoms with Gasteiger partial charge in [0.1, 0.15) is 17.9 Å². The standard InChI is InChI=1S/C16H11FN4O/c1-22-10-6-7-11(13(17)8-10)15-19-16-12-4-2-3-5-14(12)18-9-21(16)20-15/h2-9H,1H3. The van der Waals surface area contributed by atoms with Crippen LogP contribution in [0.2, 0.25) is 0 Å². The van der Waals surface area contributed by atoms with Crippen LogP contribution in [-0.4, -0.2) is 26.7 Å². The average Bonchev–Trinajstić information content (AvgIpc) is 2.99. The summed E-state index contributed by atoms with van der Waals surface area (Å²) in [4.78, 5) is 8.77. The van der Waals surface area contributed by atoms with Crippen LogP contribution in [0.3, 0.4) is 0 Å². The number of para-hydroxylation sites is 1. The predicted octanol–water partition coefficient (Wildman–Crippen LogP) is 3.09. The van der Waals surface area contributed by atoms with Crippen molar-refractivity contribution in [3.63, 3.8) is 0 Å². The summed E-state index contributed by atoms with van der Waals surface area (Å²) in [6.45, 7) is 0. The van der Waals surface area contributed by atoms with Gasteiger partial charge in [0.2, 0.25) is 0 Å². The van der Waals surface area contributed by atoms with Crippen LogP contribution < -0.4 is 4.74 Å². The molecule has 5 nitrogen and oxygen atoms in total. The molecule has 0 radical (unpaired) electrons. The highest BCUT2D eigenvalue weighted by Crippen LogP contribution is 2.25. The molecular weight excluding hydrogens is 283 g/mol. The maximum Gasteiger partial charge on any atom is 0.185 e. The van der Waals surface area contributed by atoms with Gasteiger partial charge in [0.05, 0.1) is 18.2 Å². The zero-order valence-electron chi connectivity index (χ0n) is 11.7. The first-order valence-corrected chi connectivity index (χ1v) is 6.70. The van der Waals surface area contributed by atoms with Crippen LogP contribution in [0.4, 0.5) is 4.39 Å². The summed E-state index contributed by atoms with van der Waals surface area (Å²) in [6, 6.07) is 12.2. The number of aromatic nitrogens is 4. The molecule has 22 heavy (non-hydrogen) atoms. The molecule has 0 unspecified atom stereocenters. The highest BCUT2D eigenvalue weighted by Gasteiger charge is 2.14. The quantitative estimate of drug-likeness (QED) is 0.570. The minimum absolute atomic E-state index is 0.318. The van der Waals surface area contributed by atoms with E-state index >= 15 is 0 Å². The lowest BCUT2D eigenvalue weighted by Gasteiger charge is -2.01. The van der Waals surface area contributed by atoms with Gasteiger partial charge in [-0.05, 0) is 24.3 Å². The molecule has 0 aliphatic heterocycles. The van der Waals surface area contributed by atoms with Crippen molar-refractivity contribution in [1.29, 1.82) is 0 Å². The maximum absolute atomic E-state index is 14.2.